The number of carboxylic acid groups (broad SMARTS) is 1. The molecule has 0 radical (unpaired) electrons. The Morgan fingerprint density at radius 1 is 1.00 bits per heavy atom. The maximum Gasteiger partial charge on any atom is 0.306 e. The van der Waals surface area contributed by atoms with Gasteiger partial charge in [0.1, 0.15) is 5.75 Å². The summed E-state index contributed by atoms with van der Waals surface area (Å²) in [5.41, 5.74) is 1.09. The highest BCUT2D eigenvalue weighted by atomic mass is 35.5. The Morgan fingerprint density at radius 3 is 2.35 bits per heavy atom. The number of nitrogens with one attached hydrogen (secondary N) is 1. The number of benzene rings is 2. The molecule has 1 amide bonds. The number of carboxylic acids is 1. The van der Waals surface area contributed by atoms with Crippen LogP contribution in [-0.4, -0.2) is 35.4 Å². The van der Waals surface area contributed by atoms with E-state index in [4.69, 9.17) is 21.4 Å². The van der Waals surface area contributed by atoms with Crippen LogP contribution < -0.4 is 10.1 Å². The van der Waals surface area contributed by atoms with Gasteiger partial charge in [-0.2, -0.15) is 0 Å². The quantitative estimate of drug-likeness (QED) is 0.430. The van der Waals surface area contributed by atoms with E-state index < -0.39 is 5.97 Å². The second-order valence-electron chi connectivity index (χ2n) is 7.75. The van der Waals surface area contributed by atoms with Crippen molar-refractivity contribution in [2.45, 2.75) is 44.6 Å². The average molecular weight is 444 g/mol. The smallest absolute Gasteiger partial charge is 0.306 e. The van der Waals surface area contributed by atoms with E-state index >= 15 is 0 Å². The van der Waals surface area contributed by atoms with Gasteiger partial charge in [-0.1, -0.05) is 17.7 Å². The molecule has 6 nitrogen and oxygen atoms in total. The molecular weight excluding hydrogens is 418 g/mol. The lowest BCUT2D eigenvalue weighted by Crippen LogP contribution is -2.27. The Hall–Kier alpha value is -2.86. The van der Waals surface area contributed by atoms with Crippen molar-refractivity contribution >= 4 is 29.3 Å². The number of Topliss-reactive ketones (excluding diaryl/α,β-unsaturated/α-hetero) is 1. The van der Waals surface area contributed by atoms with Crippen LogP contribution in [-0.2, 0) is 4.79 Å². The third-order valence-electron chi connectivity index (χ3n) is 5.46. The summed E-state index contributed by atoms with van der Waals surface area (Å²) in [4.78, 5) is 35.5. The van der Waals surface area contributed by atoms with Crippen molar-refractivity contribution in [2.24, 2.45) is 5.92 Å². The van der Waals surface area contributed by atoms with Gasteiger partial charge in [0.15, 0.2) is 5.78 Å². The number of ketones is 1. The first-order valence-electron chi connectivity index (χ1n) is 10.5. The van der Waals surface area contributed by atoms with Crippen LogP contribution >= 0.6 is 11.6 Å². The van der Waals surface area contributed by atoms with E-state index in [9.17, 15) is 14.4 Å². The van der Waals surface area contributed by atoms with E-state index in [0.717, 1.165) is 12.8 Å². The molecule has 1 fully saturated rings. The van der Waals surface area contributed by atoms with Gasteiger partial charge in [0, 0.05) is 29.1 Å². The van der Waals surface area contributed by atoms with Gasteiger partial charge in [-0.05, 0) is 74.6 Å². The number of hydrogen-bond acceptors (Lipinski definition) is 4. The molecule has 3 rings (SSSR count). The number of ether oxygens (including phenoxy) is 1. The van der Waals surface area contributed by atoms with Crippen molar-refractivity contribution in [1.82, 2.24) is 5.32 Å². The summed E-state index contributed by atoms with van der Waals surface area (Å²) in [7, 11) is 0. The molecule has 164 valence electrons. The number of hydrogen-bond donors (Lipinski definition) is 2. The number of rotatable bonds is 9. The standard InChI is InChI=1S/C24H26ClNO5/c25-19-4-1-3-18(15-19)23(28)26-14-2-5-22(27)16-6-10-20(11-7-16)31-21-12-8-17(9-13-21)24(29)30/h1,3-4,6-7,10-11,15,17,21H,2,5,8-9,12-14H2,(H,26,28)(H,29,30). The molecule has 2 aromatic carbocycles. The van der Waals surface area contributed by atoms with Crippen LogP contribution in [0.15, 0.2) is 48.5 Å². The van der Waals surface area contributed by atoms with Crippen LogP contribution in [0.25, 0.3) is 0 Å². The summed E-state index contributed by atoms with van der Waals surface area (Å²) in [5.74, 6) is -0.524. The molecule has 2 aromatic rings. The van der Waals surface area contributed by atoms with Crippen LogP contribution in [0.3, 0.4) is 0 Å². The zero-order valence-corrected chi connectivity index (χ0v) is 17.9. The van der Waals surface area contributed by atoms with E-state index in [-0.39, 0.29) is 23.7 Å². The van der Waals surface area contributed by atoms with Gasteiger partial charge < -0.3 is 15.2 Å². The van der Waals surface area contributed by atoms with Crippen molar-refractivity contribution in [3.05, 3.63) is 64.7 Å². The molecule has 0 bridgehead atoms. The second-order valence-corrected chi connectivity index (χ2v) is 8.18. The number of carbonyl (C=O) groups excluding carboxylic acids is 2. The molecule has 0 saturated heterocycles. The highest BCUT2D eigenvalue weighted by molar-refractivity contribution is 6.30. The minimum atomic E-state index is -0.731. The van der Waals surface area contributed by atoms with Gasteiger partial charge in [0.2, 0.25) is 0 Å². The molecule has 1 saturated carbocycles. The summed E-state index contributed by atoms with van der Waals surface area (Å²) in [5, 5.41) is 12.4. The molecule has 0 aromatic heterocycles. The molecule has 0 atom stereocenters. The van der Waals surface area contributed by atoms with Crippen molar-refractivity contribution in [3.63, 3.8) is 0 Å². The lowest BCUT2D eigenvalue weighted by atomic mass is 9.87. The van der Waals surface area contributed by atoms with Crippen molar-refractivity contribution in [2.75, 3.05) is 6.54 Å². The fraction of sp³-hybridized carbons (Fsp3) is 0.375. The Kier molecular flexibility index (Phi) is 8.06. The van der Waals surface area contributed by atoms with Crippen molar-refractivity contribution in [3.8, 4) is 5.75 Å². The van der Waals surface area contributed by atoms with Gasteiger partial charge in [-0.25, -0.2) is 0 Å². The normalized spacial score (nSPS) is 18.2. The summed E-state index contributed by atoms with van der Waals surface area (Å²) < 4.78 is 5.93. The summed E-state index contributed by atoms with van der Waals surface area (Å²) in [6.07, 6.45) is 3.58. The minimum Gasteiger partial charge on any atom is -0.490 e. The molecule has 0 spiro atoms. The summed E-state index contributed by atoms with van der Waals surface area (Å²) >= 11 is 5.89. The van der Waals surface area contributed by atoms with Crippen LogP contribution in [0.1, 0.15) is 59.2 Å². The Labute approximate surface area is 186 Å². The van der Waals surface area contributed by atoms with E-state index in [1.165, 1.54) is 0 Å². The fourth-order valence-corrected chi connectivity index (χ4v) is 3.86. The van der Waals surface area contributed by atoms with Gasteiger partial charge in [-0.15, -0.1) is 0 Å². The van der Waals surface area contributed by atoms with E-state index in [0.29, 0.717) is 54.1 Å². The van der Waals surface area contributed by atoms with Gasteiger partial charge in [0.25, 0.3) is 5.91 Å². The Balaban J connectivity index is 1.39. The molecule has 7 heteroatoms. The monoisotopic (exact) mass is 443 g/mol. The number of carbonyl (C=O) groups is 3. The largest absolute Gasteiger partial charge is 0.490 e. The third kappa shape index (κ3) is 6.82. The summed E-state index contributed by atoms with van der Waals surface area (Å²) in [6.45, 7) is 0.400. The molecule has 0 heterocycles. The maximum atomic E-state index is 12.4. The number of amides is 1. The van der Waals surface area contributed by atoms with E-state index in [1.807, 2.05) is 0 Å². The zero-order valence-electron chi connectivity index (χ0n) is 17.2. The van der Waals surface area contributed by atoms with E-state index in [1.54, 1.807) is 48.5 Å². The molecule has 1 aliphatic carbocycles. The predicted molar refractivity (Wildman–Crippen MR) is 118 cm³/mol. The summed E-state index contributed by atoms with van der Waals surface area (Å²) in [6, 6.07) is 13.7. The zero-order chi connectivity index (χ0) is 22.2. The fourth-order valence-electron chi connectivity index (χ4n) is 3.67. The van der Waals surface area contributed by atoms with Crippen LogP contribution in [0.5, 0.6) is 5.75 Å². The van der Waals surface area contributed by atoms with Gasteiger partial charge in [-0.3, -0.25) is 14.4 Å². The molecular formula is C24H26ClNO5. The van der Waals surface area contributed by atoms with Gasteiger partial charge >= 0.3 is 5.97 Å². The molecule has 0 unspecified atom stereocenters. The topological polar surface area (TPSA) is 92.7 Å². The molecule has 31 heavy (non-hydrogen) atoms. The highest BCUT2D eigenvalue weighted by Crippen LogP contribution is 2.28. The van der Waals surface area contributed by atoms with Crippen LogP contribution in [0.2, 0.25) is 5.02 Å². The predicted octanol–water partition coefficient (Wildman–Crippen LogP) is 4.76. The average Bonchev–Trinajstić information content (AvgIpc) is 2.77. The molecule has 0 aliphatic heterocycles. The second kappa shape index (κ2) is 11.0. The first kappa shape index (κ1) is 22.8. The van der Waals surface area contributed by atoms with E-state index in [2.05, 4.69) is 5.32 Å². The Bertz CT molecular complexity index is 920. The first-order chi connectivity index (χ1) is 14.9. The number of aliphatic carboxylic acids is 1. The SMILES string of the molecule is O=C(CCCNC(=O)c1cccc(Cl)c1)c1ccc(OC2CCC(C(=O)O)CC2)cc1. The van der Waals surface area contributed by atoms with Crippen molar-refractivity contribution < 1.29 is 24.2 Å². The van der Waals surface area contributed by atoms with Crippen LogP contribution in [0, 0.1) is 5.92 Å². The minimum absolute atomic E-state index is 0.00511. The first-order valence-corrected chi connectivity index (χ1v) is 10.9. The molecule has 1 aliphatic rings. The Morgan fingerprint density at radius 2 is 1.71 bits per heavy atom. The van der Waals surface area contributed by atoms with Crippen LogP contribution in [0.4, 0.5) is 0 Å². The third-order valence-corrected chi connectivity index (χ3v) is 5.69. The lowest BCUT2D eigenvalue weighted by molar-refractivity contribution is -0.143. The highest BCUT2D eigenvalue weighted by Gasteiger charge is 2.26. The maximum absolute atomic E-state index is 12.4. The van der Waals surface area contributed by atoms with Gasteiger partial charge in [0.05, 0.1) is 12.0 Å². The van der Waals surface area contributed by atoms with Crippen molar-refractivity contribution in [1.29, 1.82) is 0 Å². The molecule has 2 N–H and O–H groups in total. The number of halogens is 1. The lowest BCUT2D eigenvalue weighted by Gasteiger charge is -2.26.